The molecule has 1 atom stereocenters. The van der Waals surface area contributed by atoms with E-state index in [0.29, 0.717) is 34.4 Å². The van der Waals surface area contributed by atoms with Crippen molar-refractivity contribution in [2.45, 2.75) is 52.0 Å². The number of nitrogens with zero attached hydrogens (tertiary/aromatic N) is 4. The zero-order chi connectivity index (χ0) is 24.2. The van der Waals surface area contributed by atoms with E-state index in [1.54, 1.807) is 30.2 Å². The van der Waals surface area contributed by atoms with Gasteiger partial charge in [0, 0.05) is 18.8 Å². The molecule has 0 radical (unpaired) electrons. The summed E-state index contributed by atoms with van der Waals surface area (Å²) < 4.78 is 6.65. The molecule has 3 heterocycles. The smallest absolute Gasteiger partial charge is 0.257 e. The van der Waals surface area contributed by atoms with Crippen molar-refractivity contribution in [2.24, 2.45) is 18.9 Å². The number of rotatable bonds is 7. The number of hydrogen-bond donors (Lipinski definition) is 2. The molecule has 1 aliphatic carbocycles. The predicted octanol–water partition coefficient (Wildman–Crippen LogP) is 4.25. The molecular formula is C24H29ClN6O3. The van der Waals surface area contributed by atoms with Gasteiger partial charge in [0.25, 0.3) is 5.91 Å². The van der Waals surface area contributed by atoms with Gasteiger partial charge in [0.05, 0.1) is 22.6 Å². The molecule has 1 aliphatic rings. The van der Waals surface area contributed by atoms with Crippen LogP contribution in [0.15, 0.2) is 35.3 Å². The number of halogens is 1. The van der Waals surface area contributed by atoms with Gasteiger partial charge < -0.3 is 15.2 Å². The molecule has 2 amide bonds. The Morgan fingerprint density at radius 2 is 2.00 bits per heavy atom. The van der Waals surface area contributed by atoms with Gasteiger partial charge in [0.2, 0.25) is 5.91 Å². The molecule has 0 aliphatic heterocycles. The first-order valence-electron chi connectivity index (χ1n) is 11.6. The SMILES string of the molecule is CCc1nocc1C(=O)NC(C(=O)Nc1ccc(-c2c(Cl)cnn2C)cn1)C1CCC(C)CC1. The van der Waals surface area contributed by atoms with E-state index in [-0.39, 0.29) is 17.7 Å². The van der Waals surface area contributed by atoms with E-state index in [0.717, 1.165) is 36.9 Å². The van der Waals surface area contributed by atoms with Crippen LogP contribution in [0, 0.1) is 11.8 Å². The lowest BCUT2D eigenvalue weighted by atomic mass is 9.79. The van der Waals surface area contributed by atoms with Gasteiger partial charge in [-0.1, -0.05) is 43.4 Å². The molecule has 0 saturated heterocycles. The number of aryl methyl sites for hydroxylation is 2. The van der Waals surface area contributed by atoms with E-state index >= 15 is 0 Å². The van der Waals surface area contributed by atoms with Crippen LogP contribution in [0.2, 0.25) is 5.02 Å². The van der Waals surface area contributed by atoms with Gasteiger partial charge in [-0.3, -0.25) is 14.3 Å². The van der Waals surface area contributed by atoms with Crippen molar-refractivity contribution in [1.82, 2.24) is 25.2 Å². The van der Waals surface area contributed by atoms with Crippen molar-refractivity contribution in [3.63, 3.8) is 0 Å². The third-order valence-corrected chi connectivity index (χ3v) is 6.78. The number of hydrogen-bond acceptors (Lipinski definition) is 6. The van der Waals surface area contributed by atoms with Crippen LogP contribution in [-0.2, 0) is 18.3 Å². The maximum Gasteiger partial charge on any atom is 0.257 e. The lowest BCUT2D eigenvalue weighted by Crippen LogP contribution is -2.49. The molecule has 34 heavy (non-hydrogen) atoms. The van der Waals surface area contributed by atoms with Crippen LogP contribution in [0.4, 0.5) is 5.82 Å². The van der Waals surface area contributed by atoms with Crippen LogP contribution in [0.1, 0.15) is 55.6 Å². The summed E-state index contributed by atoms with van der Waals surface area (Å²) in [4.78, 5) is 30.7. The third kappa shape index (κ3) is 5.14. The molecule has 3 aromatic rings. The van der Waals surface area contributed by atoms with Crippen molar-refractivity contribution in [2.75, 3.05) is 5.32 Å². The molecule has 1 fully saturated rings. The Bertz CT molecular complexity index is 1130. The zero-order valence-corrected chi connectivity index (χ0v) is 20.3. The summed E-state index contributed by atoms with van der Waals surface area (Å²) in [6, 6.07) is 2.85. The fourth-order valence-electron chi connectivity index (χ4n) is 4.48. The highest BCUT2D eigenvalue weighted by Gasteiger charge is 2.33. The number of nitrogens with one attached hydrogen (secondary N) is 2. The zero-order valence-electron chi connectivity index (χ0n) is 19.5. The maximum atomic E-state index is 13.3. The van der Waals surface area contributed by atoms with Crippen molar-refractivity contribution in [3.05, 3.63) is 47.1 Å². The van der Waals surface area contributed by atoms with E-state index in [1.807, 2.05) is 13.0 Å². The highest BCUT2D eigenvalue weighted by Crippen LogP contribution is 2.31. The first-order chi connectivity index (χ1) is 16.4. The van der Waals surface area contributed by atoms with Gasteiger partial charge in [-0.15, -0.1) is 0 Å². The van der Waals surface area contributed by atoms with E-state index in [2.05, 4.69) is 32.8 Å². The molecule has 3 aromatic heterocycles. The second-order valence-electron chi connectivity index (χ2n) is 8.89. The van der Waals surface area contributed by atoms with Crippen molar-refractivity contribution < 1.29 is 14.1 Å². The molecule has 0 spiro atoms. The van der Waals surface area contributed by atoms with E-state index in [9.17, 15) is 9.59 Å². The van der Waals surface area contributed by atoms with Crippen LogP contribution in [0.25, 0.3) is 11.3 Å². The van der Waals surface area contributed by atoms with Crippen molar-refractivity contribution in [1.29, 1.82) is 0 Å². The normalized spacial score (nSPS) is 18.9. The predicted molar refractivity (Wildman–Crippen MR) is 128 cm³/mol. The lowest BCUT2D eigenvalue weighted by Gasteiger charge is -2.32. The Morgan fingerprint density at radius 1 is 1.24 bits per heavy atom. The molecule has 2 N–H and O–H groups in total. The first kappa shape index (κ1) is 23.9. The van der Waals surface area contributed by atoms with Crippen molar-refractivity contribution >= 4 is 29.2 Å². The van der Waals surface area contributed by atoms with Gasteiger partial charge in [-0.05, 0) is 43.2 Å². The Kier molecular flexibility index (Phi) is 7.31. The summed E-state index contributed by atoms with van der Waals surface area (Å²) >= 11 is 6.22. The summed E-state index contributed by atoms with van der Waals surface area (Å²) in [5.74, 6) is 0.410. The Morgan fingerprint density at radius 3 is 2.62 bits per heavy atom. The fourth-order valence-corrected chi connectivity index (χ4v) is 4.76. The molecule has 0 aromatic carbocycles. The minimum absolute atomic E-state index is 0.0395. The molecule has 0 bridgehead atoms. The monoisotopic (exact) mass is 484 g/mol. The third-order valence-electron chi connectivity index (χ3n) is 6.51. The average Bonchev–Trinajstić information content (AvgIpc) is 3.45. The number of amides is 2. The first-order valence-corrected chi connectivity index (χ1v) is 11.9. The van der Waals surface area contributed by atoms with Crippen LogP contribution in [0.3, 0.4) is 0 Å². The van der Waals surface area contributed by atoms with Gasteiger partial charge in [0.15, 0.2) is 0 Å². The van der Waals surface area contributed by atoms with E-state index in [4.69, 9.17) is 16.1 Å². The van der Waals surface area contributed by atoms with Crippen LogP contribution >= 0.6 is 11.6 Å². The van der Waals surface area contributed by atoms with Crippen LogP contribution in [0.5, 0.6) is 0 Å². The molecule has 4 rings (SSSR count). The number of carbonyl (C=O) groups is 2. The minimum Gasteiger partial charge on any atom is -0.364 e. The molecule has 180 valence electrons. The molecule has 1 unspecified atom stereocenters. The Balaban J connectivity index is 1.51. The Hall–Kier alpha value is -3.20. The fraction of sp³-hybridized carbons (Fsp3) is 0.458. The number of anilines is 1. The lowest BCUT2D eigenvalue weighted by molar-refractivity contribution is -0.119. The minimum atomic E-state index is -0.687. The maximum absolute atomic E-state index is 13.3. The summed E-state index contributed by atoms with van der Waals surface area (Å²) in [5, 5.41) is 14.4. The quantitative estimate of drug-likeness (QED) is 0.518. The summed E-state index contributed by atoms with van der Waals surface area (Å²) in [6.07, 6.45) is 8.89. The number of pyridine rings is 1. The summed E-state index contributed by atoms with van der Waals surface area (Å²) in [7, 11) is 1.80. The van der Waals surface area contributed by atoms with Crippen LogP contribution in [-0.4, -0.2) is 37.8 Å². The summed E-state index contributed by atoms with van der Waals surface area (Å²) in [6.45, 7) is 4.11. The Labute approximate surface area is 203 Å². The topological polar surface area (TPSA) is 115 Å². The van der Waals surface area contributed by atoms with Gasteiger partial charge in [0.1, 0.15) is 23.7 Å². The molecular weight excluding hydrogens is 456 g/mol. The second-order valence-corrected chi connectivity index (χ2v) is 9.29. The van der Waals surface area contributed by atoms with E-state index in [1.165, 1.54) is 6.26 Å². The highest BCUT2D eigenvalue weighted by atomic mass is 35.5. The highest BCUT2D eigenvalue weighted by molar-refractivity contribution is 6.33. The van der Waals surface area contributed by atoms with E-state index < -0.39 is 6.04 Å². The molecule has 1 saturated carbocycles. The summed E-state index contributed by atoms with van der Waals surface area (Å²) in [5.41, 5.74) is 2.46. The molecule has 10 heteroatoms. The average molecular weight is 485 g/mol. The van der Waals surface area contributed by atoms with Crippen molar-refractivity contribution in [3.8, 4) is 11.3 Å². The van der Waals surface area contributed by atoms with Crippen LogP contribution < -0.4 is 10.6 Å². The second kappa shape index (κ2) is 10.4. The largest absolute Gasteiger partial charge is 0.364 e. The standard InChI is InChI=1S/C24H29ClN6O3/c1-4-19-17(13-34-30-19)23(32)29-21(15-7-5-14(2)6-8-15)24(33)28-20-10-9-16(11-26-20)22-18(25)12-27-31(22)3/h9-15,21H,4-8H2,1-3H3,(H,29,32)(H,26,28,33). The number of carbonyl (C=O) groups excluding carboxylic acids is 2. The molecule has 9 nitrogen and oxygen atoms in total. The van der Waals surface area contributed by atoms with Gasteiger partial charge >= 0.3 is 0 Å². The number of aromatic nitrogens is 4. The van der Waals surface area contributed by atoms with Gasteiger partial charge in [-0.2, -0.15) is 5.10 Å². The van der Waals surface area contributed by atoms with Gasteiger partial charge in [-0.25, -0.2) is 4.98 Å².